The van der Waals surface area contributed by atoms with Crippen molar-refractivity contribution in [2.75, 3.05) is 19.4 Å². The van der Waals surface area contributed by atoms with E-state index in [-0.39, 0.29) is 18.0 Å². The van der Waals surface area contributed by atoms with Crippen LogP contribution in [0.15, 0.2) is 83.6 Å². The second-order valence-electron chi connectivity index (χ2n) is 5.71. The zero-order valence-electron chi connectivity index (χ0n) is 15.3. The molecule has 0 fully saturated rings. The number of nitrogens with zero attached hydrogens (tertiary/aromatic N) is 3. The summed E-state index contributed by atoms with van der Waals surface area (Å²) in [5, 5.41) is 13.4. The summed E-state index contributed by atoms with van der Waals surface area (Å²) in [6.45, 7) is 3.76. The normalized spacial score (nSPS) is 10.9. The number of benzene rings is 2. The van der Waals surface area contributed by atoms with Crippen LogP contribution in [0.5, 0.6) is 0 Å². The Balaban J connectivity index is 2.04. The molecule has 2 aromatic rings. The topological polar surface area (TPSA) is 69.1 Å². The summed E-state index contributed by atoms with van der Waals surface area (Å²) in [7, 11) is 3.51. The molecule has 0 bridgehead atoms. The average Bonchev–Trinajstić information content (AvgIpc) is 2.66. The molecule has 140 valence electrons. The molecule has 0 aromatic heterocycles. The van der Waals surface area contributed by atoms with Crippen molar-refractivity contribution in [2.24, 2.45) is 10.2 Å². The van der Waals surface area contributed by atoms with E-state index in [1.165, 1.54) is 18.2 Å². The fourth-order valence-electron chi connectivity index (χ4n) is 2.11. The highest BCUT2D eigenvalue weighted by Gasteiger charge is 2.08. The third-order valence-electron chi connectivity index (χ3n) is 3.58. The van der Waals surface area contributed by atoms with Gasteiger partial charge in [0.1, 0.15) is 11.5 Å². The summed E-state index contributed by atoms with van der Waals surface area (Å²) in [6.07, 6.45) is 3.64. The van der Waals surface area contributed by atoms with Gasteiger partial charge in [0.2, 0.25) is 5.91 Å². The lowest BCUT2D eigenvalue weighted by Gasteiger charge is -2.11. The maximum Gasteiger partial charge on any atom is 0.228 e. The molecule has 7 heteroatoms. The molecule has 0 spiro atoms. The first kappa shape index (κ1) is 19.8. The van der Waals surface area contributed by atoms with Crippen molar-refractivity contribution in [3.05, 3.63) is 84.7 Å². The van der Waals surface area contributed by atoms with Crippen molar-refractivity contribution in [1.29, 1.82) is 0 Å². The zero-order valence-corrected chi connectivity index (χ0v) is 15.3. The molecular weight excluding hydrogens is 345 g/mol. The second kappa shape index (κ2) is 9.86. The van der Waals surface area contributed by atoms with E-state index in [0.717, 1.165) is 5.56 Å². The van der Waals surface area contributed by atoms with Gasteiger partial charge in [-0.05, 0) is 23.8 Å². The van der Waals surface area contributed by atoms with Crippen LogP contribution in [0.2, 0.25) is 0 Å². The van der Waals surface area contributed by atoms with Gasteiger partial charge in [0.25, 0.3) is 0 Å². The highest BCUT2D eigenvalue weighted by Crippen LogP contribution is 2.24. The number of nitrogens with one attached hydrogen (secondary N) is 2. The lowest BCUT2D eigenvalue weighted by Crippen LogP contribution is -2.14. The van der Waals surface area contributed by atoms with Crippen molar-refractivity contribution in [3.8, 4) is 0 Å². The van der Waals surface area contributed by atoms with Gasteiger partial charge in [-0.15, -0.1) is 10.2 Å². The van der Waals surface area contributed by atoms with Gasteiger partial charge in [-0.1, -0.05) is 36.9 Å². The summed E-state index contributed by atoms with van der Waals surface area (Å²) in [5.41, 5.74) is 1.35. The molecule has 0 radical (unpaired) electrons. The third-order valence-corrected chi connectivity index (χ3v) is 3.58. The van der Waals surface area contributed by atoms with Crippen LogP contribution in [-0.4, -0.2) is 24.9 Å². The van der Waals surface area contributed by atoms with Gasteiger partial charge in [-0.3, -0.25) is 4.79 Å². The molecule has 0 heterocycles. The molecule has 0 saturated heterocycles. The summed E-state index contributed by atoms with van der Waals surface area (Å²) in [6, 6.07) is 13.5. The lowest BCUT2D eigenvalue weighted by molar-refractivity contribution is -0.115. The van der Waals surface area contributed by atoms with Gasteiger partial charge in [0.05, 0.1) is 6.42 Å². The SMILES string of the molecule is C=C(N=Nc1cc(NC(=O)Cc2ccccc2)ccc1F)N(C)C=CNC. The molecule has 6 nitrogen and oxygen atoms in total. The number of azo groups is 1. The molecule has 0 saturated carbocycles. The van der Waals surface area contributed by atoms with Gasteiger partial charge in [0, 0.05) is 32.2 Å². The van der Waals surface area contributed by atoms with Crippen molar-refractivity contribution in [2.45, 2.75) is 6.42 Å². The highest BCUT2D eigenvalue weighted by atomic mass is 19.1. The quantitative estimate of drug-likeness (QED) is 0.688. The van der Waals surface area contributed by atoms with Gasteiger partial charge in [-0.2, -0.15) is 0 Å². The lowest BCUT2D eigenvalue weighted by atomic mass is 10.1. The summed E-state index contributed by atoms with van der Waals surface area (Å²) < 4.78 is 14.0. The maximum absolute atomic E-state index is 14.0. The monoisotopic (exact) mass is 367 g/mol. The van der Waals surface area contributed by atoms with Crippen LogP contribution in [0.4, 0.5) is 15.8 Å². The van der Waals surface area contributed by atoms with Crippen LogP contribution in [0.1, 0.15) is 5.56 Å². The number of halogens is 1. The molecule has 2 N–H and O–H groups in total. The van der Waals surface area contributed by atoms with Crippen LogP contribution in [-0.2, 0) is 11.2 Å². The second-order valence-corrected chi connectivity index (χ2v) is 5.71. The highest BCUT2D eigenvalue weighted by molar-refractivity contribution is 5.92. The standard InChI is InChI=1S/C20H22FN5O/c1-15(26(3)12-11-22-2)24-25-19-14-17(9-10-18(19)21)23-20(27)13-16-7-5-4-6-8-16/h4-12,14,22H,1,13H2,2-3H3,(H,23,27). The Kier molecular flexibility index (Phi) is 7.25. The van der Waals surface area contributed by atoms with Gasteiger partial charge in [0.15, 0.2) is 5.82 Å². The molecular formula is C20H22FN5O. The molecule has 0 aliphatic heterocycles. The molecule has 0 aliphatic rings. The minimum absolute atomic E-state index is 0.0136. The van der Waals surface area contributed by atoms with Crippen LogP contribution >= 0.6 is 0 Å². The number of carbonyl (C=O) groups is 1. The van der Waals surface area contributed by atoms with Gasteiger partial charge >= 0.3 is 0 Å². The number of rotatable bonds is 8. The Labute approximate surface area is 158 Å². The molecule has 2 aromatic carbocycles. The number of hydrogen-bond donors (Lipinski definition) is 2. The summed E-state index contributed by atoms with van der Waals surface area (Å²) in [4.78, 5) is 13.8. The molecule has 2 rings (SSSR count). The predicted octanol–water partition coefficient (Wildman–Crippen LogP) is 4.18. The van der Waals surface area contributed by atoms with Crippen molar-refractivity contribution < 1.29 is 9.18 Å². The van der Waals surface area contributed by atoms with E-state index in [2.05, 4.69) is 27.4 Å². The molecule has 0 unspecified atom stereocenters. The van der Waals surface area contributed by atoms with Crippen LogP contribution in [0.3, 0.4) is 0 Å². The molecule has 27 heavy (non-hydrogen) atoms. The van der Waals surface area contributed by atoms with E-state index in [9.17, 15) is 9.18 Å². The van der Waals surface area contributed by atoms with E-state index in [0.29, 0.717) is 11.5 Å². The van der Waals surface area contributed by atoms with Crippen LogP contribution in [0, 0.1) is 5.82 Å². The Bertz CT molecular complexity index is 849. The molecule has 0 aliphatic carbocycles. The van der Waals surface area contributed by atoms with Crippen molar-refractivity contribution in [3.63, 3.8) is 0 Å². The fourth-order valence-corrected chi connectivity index (χ4v) is 2.11. The van der Waals surface area contributed by atoms with E-state index < -0.39 is 5.82 Å². The number of carbonyl (C=O) groups excluding carboxylic acids is 1. The van der Waals surface area contributed by atoms with Crippen LogP contribution in [0.25, 0.3) is 0 Å². The largest absolute Gasteiger partial charge is 0.393 e. The number of hydrogen-bond acceptors (Lipinski definition) is 5. The first-order valence-corrected chi connectivity index (χ1v) is 8.30. The average molecular weight is 367 g/mol. The molecule has 1 amide bonds. The summed E-state index contributed by atoms with van der Waals surface area (Å²) >= 11 is 0. The van der Waals surface area contributed by atoms with Crippen molar-refractivity contribution >= 4 is 17.3 Å². The van der Waals surface area contributed by atoms with Gasteiger partial charge < -0.3 is 15.5 Å². The summed E-state index contributed by atoms with van der Waals surface area (Å²) in [5.74, 6) is -0.405. The van der Waals surface area contributed by atoms with E-state index in [1.807, 2.05) is 30.3 Å². The number of amides is 1. The zero-order chi connectivity index (χ0) is 19.6. The minimum atomic E-state index is -0.541. The van der Waals surface area contributed by atoms with E-state index in [4.69, 9.17) is 0 Å². The predicted molar refractivity (Wildman–Crippen MR) is 105 cm³/mol. The fraction of sp³-hybridized carbons (Fsp3) is 0.150. The van der Waals surface area contributed by atoms with Crippen LogP contribution < -0.4 is 10.6 Å². The molecule has 0 atom stereocenters. The van der Waals surface area contributed by atoms with E-state index in [1.54, 1.807) is 31.4 Å². The Morgan fingerprint density at radius 3 is 2.70 bits per heavy atom. The number of anilines is 1. The smallest absolute Gasteiger partial charge is 0.228 e. The first-order valence-electron chi connectivity index (χ1n) is 8.30. The van der Waals surface area contributed by atoms with E-state index >= 15 is 0 Å². The Hall–Kier alpha value is -3.48. The Morgan fingerprint density at radius 1 is 1.26 bits per heavy atom. The first-order chi connectivity index (χ1) is 13.0. The van der Waals surface area contributed by atoms with Gasteiger partial charge in [-0.25, -0.2) is 4.39 Å². The third kappa shape index (κ3) is 6.39. The maximum atomic E-state index is 14.0. The Morgan fingerprint density at radius 2 is 2.00 bits per heavy atom. The van der Waals surface area contributed by atoms with Crippen molar-refractivity contribution in [1.82, 2.24) is 10.2 Å². The minimum Gasteiger partial charge on any atom is -0.393 e.